The monoisotopic (exact) mass is 251 g/mol. The van der Waals surface area contributed by atoms with Crippen molar-refractivity contribution in [3.05, 3.63) is 23.2 Å². The van der Waals surface area contributed by atoms with Crippen molar-refractivity contribution in [3.63, 3.8) is 0 Å². The fourth-order valence-corrected chi connectivity index (χ4v) is 2.26. The SMILES string of the molecule is CC(=O)NCCNC(=O)c1cc2sccc2[nH]1. The van der Waals surface area contributed by atoms with E-state index in [1.165, 1.54) is 6.92 Å². The molecule has 0 unspecified atom stereocenters. The molecule has 2 aromatic heterocycles. The third kappa shape index (κ3) is 2.85. The number of hydrogen-bond donors (Lipinski definition) is 3. The fraction of sp³-hybridized carbons (Fsp3) is 0.273. The zero-order valence-corrected chi connectivity index (χ0v) is 10.2. The smallest absolute Gasteiger partial charge is 0.267 e. The molecule has 2 amide bonds. The summed E-state index contributed by atoms with van der Waals surface area (Å²) < 4.78 is 1.07. The third-order valence-electron chi connectivity index (χ3n) is 2.27. The molecular formula is C11H13N3O2S. The summed E-state index contributed by atoms with van der Waals surface area (Å²) in [5.74, 6) is -0.251. The van der Waals surface area contributed by atoms with Crippen molar-refractivity contribution in [2.24, 2.45) is 0 Å². The van der Waals surface area contributed by atoms with E-state index in [1.54, 1.807) is 11.3 Å². The number of thiophene rings is 1. The second-order valence-corrected chi connectivity index (χ2v) is 4.57. The molecule has 0 saturated heterocycles. The second kappa shape index (κ2) is 5.01. The molecule has 2 heterocycles. The summed E-state index contributed by atoms with van der Waals surface area (Å²) in [7, 11) is 0. The maximum Gasteiger partial charge on any atom is 0.267 e. The van der Waals surface area contributed by atoms with E-state index in [2.05, 4.69) is 15.6 Å². The minimum atomic E-state index is -0.154. The van der Waals surface area contributed by atoms with Crippen LogP contribution in [-0.4, -0.2) is 29.9 Å². The van der Waals surface area contributed by atoms with Crippen molar-refractivity contribution < 1.29 is 9.59 Å². The molecule has 0 fully saturated rings. The van der Waals surface area contributed by atoms with Crippen LogP contribution in [-0.2, 0) is 4.79 Å². The van der Waals surface area contributed by atoms with Crippen LogP contribution in [0.25, 0.3) is 10.2 Å². The Hall–Kier alpha value is -1.82. The van der Waals surface area contributed by atoms with E-state index < -0.39 is 0 Å². The number of amides is 2. The van der Waals surface area contributed by atoms with Gasteiger partial charge in [-0.2, -0.15) is 0 Å². The quantitative estimate of drug-likeness (QED) is 0.712. The molecule has 90 valence electrons. The van der Waals surface area contributed by atoms with Crippen LogP contribution in [0.4, 0.5) is 0 Å². The number of fused-ring (bicyclic) bond motifs is 1. The van der Waals surface area contributed by atoms with E-state index in [9.17, 15) is 9.59 Å². The average molecular weight is 251 g/mol. The number of carbonyl (C=O) groups is 2. The van der Waals surface area contributed by atoms with Gasteiger partial charge in [0.25, 0.3) is 5.91 Å². The highest BCUT2D eigenvalue weighted by Gasteiger charge is 2.09. The summed E-state index contributed by atoms with van der Waals surface area (Å²) in [4.78, 5) is 25.4. The van der Waals surface area contributed by atoms with Crippen LogP contribution in [0.15, 0.2) is 17.5 Å². The van der Waals surface area contributed by atoms with Crippen molar-refractivity contribution >= 4 is 33.4 Å². The normalized spacial score (nSPS) is 10.4. The Kier molecular flexibility index (Phi) is 3.43. The van der Waals surface area contributed by atoms with Gasteiger partial charge in [-0.3, -0.25) is 9.59 Å². The molecule has 0 aliphatic heterocycles. The summed E-state index contributed by atoms with van der Waals surface area (Å²) in [6, 6.07) is 3.77. The highest BCUT2D eigenvalue weighted by atomic mass is 32.1. The van der Waals surface area contributed by atoms with Crippen molar-refractivity contribution in [2.75, 3.05) is 13.1 Å². The molecule has 2 aromatic rings. The van der Waals surface area contributed by atoms with Crippen molar-refractivity contribution in [1.82, 2.24) is 15.6 Å². The van der Waals surface area contributed by atoms with Crippen LogP contribution in [0.2, 0.25) is 0 Å². The summed E-state index contributed by atoms with van der Waals surface area (Å²) >= 11 is 1.59. The van der Waals surface area contributed by atoms with Gasteiger partial charge in [0, 0.05) is 20.0 Å². The third-order valence-corrected chi connectivity index (χ3v) is 3.13. The van der Waals surface area contributed by atoms with Gasteiger partial charge < -0.3 is 15.6 Å². The van der Waals surface area contributed by atoms with Crippen LogP contribution >= 0.6 is 11.3 Å². The van der Waals surface area contributed by atoms with E-state index in [-0.39, 0.29) is 11.8 Å². The van der Waals surface area contributed by atoms with E-state index >= 15 is 0 Å². The fourth-order valence-electron chi connectivity index (χ4n) is 1.48. The Balaban J connectivity index is 1.87. The summed E-state index contributed by atoms with van der Waals surface area (Å²) in [5, 5.41) is 7.31. The average Bonchev–Trinajstić information content (AvgIpc) is 2.83. The van der Waals surface area contributed by atoms with Crippen molar-refractivity contribution in [3.8, 4) is 0 Å². The number of aromatic nitrogens is 1. The Morgan fingerprint density at radius 3 is 2.82 bits per heavy atom. The molecule has 0 spiro atoms. The predicted octanol–water partition coefficient (Wildman–Crippen LogP) is 1.10. The Bertz CT molecular complexity index is 515. The predicted molar refractivity (Wildman–Crippen MR) is 67.2 cm³/mol. The van der Waals surface area contributed by atoms with Gasteiger partial charge in [0.2, 0.25) is 5.91 Å². The molecule has 0 atom stereocenters. The van der Waals surface area contributed by atoms with Crippen LogP contribution in [0.3, 0.4) is 0 Å². The second-order valence-electron chi connectivity index (χ2n) is 3.62. The van der Waals surface area contributed by atoms with Crippen molar-refractivity contribution in [1.29, 1.82) is 0 Å². The number of aromatic amines is 1. The van der Waals surface area contributed by atoms with Crippen LogP contribution < -0.4 is 10.6 Å². The molecule has 5 nitrogen and oxygen atoms in total. The minimum absolute atomic E-state index is 0.0976. The van der Waals surface area contributed by atoms with Gasteiger partial charge in [-0.05, 0) is 17.5 Å². The lowest BCUT2D eigenvalue weighted by Crippen LogP contribution is -2.33. The van der Waals surface area contributed by atoms with Crippen LogP contribution in [0, 0.1) is 0 Å². The molecule has 0 aliphatic rings. The van der Waals surface area contributed by atoms with Crippen LogP contribution in [0.5, 0.6) is 0 Å². The molecule has 0 aromatic carbocycles. The van der Waals surface area contributed by atoms with Gasteiger partial charge in [-0.15, -0.1) is 11.3 Å². The van der Waals surface area contributed by atoms with Gasteiger partial charge in [-0.25, -0.2) is 0 Å². The first-order valence-corrected chi connectivity index (χ1v) is 6.13. The van der Waals surface area contributed by atoms with Gasteiger partial charge in [0.05, 0.1) is 10.2 Å². The lowest BCUT2D eigenvalue weighted by molar-refractivity contribution is -0.118. The number of hydrogen-bond acceptors (Lipinski definition) is 3. The van der Waals surface area contributed by atoms with Gasteiger partial charge in [0.1, 0.15) is 5.69 Å². The topological polar surface area (TPSA) is 74.0 Å². The van der Waals surface area contributed by atoms with E-state index in [1.807, 2.05) is 17.5 Å². The molecule has 3 N–H and O–H groups in total. The zero-order chi connectivity index (χ0) is 12.3. The van der Waals surface area contributed by atoms with Crippen molar-refractivity contribution in [2.45, 2.75) is 6.92 Å². The molecule has 0 aliphatic carbocycles. The first kappa shape index (κ1) is 11.7. The molecule has 0 saturated carbocycles. The largest absolute Gasteiger partial charge is 0.355 e. The molecule has 0 radical (unpaired) electrons. The molecule has 2 rings (SSSR count). The number of H-pyrrole nitrogens is 1. The summed E-state index contributed by atoms with van der Waals surface area (Å²) in [6.07, 6.45) is 0. The van der Waals surface area contributed by atoms with E-state index in [0.717, 1.165) is 10.2 Å². The molecule has 0 bridgehead atoms. The first-order chi connectivity index (χ1) is 8.16. The highest BCUT2D eigenvalue weighted by Crippen LogP contribution is 2.20. The number of rotatable bonds is 4. The first-order valence-electron chi connectivity index (χ1n) is 5.25. The Labute approximate surface area is 102 Å². The lowest BCUT2D eigenvalue weighted by atomic mass is 10.4. The Morgan fingerprint density at radius 1 is 1.35 bits per heavy atom. The minimum Gasteiger partial charge on any atom is -0.355 e. The van der Waals surface area contributed by atoms with Gasteiger partial charge >= 0.3 is 0 Å². The molecule has 17 heavy (non-hydrogen) atoms. The maximum atomic E-state index is 11.7. The lowest BCUT2D eigenvalue weighted by Gasteiger charge is -2.03. The standard InChI is InChI=1S/C11H13N3O2S/c1-7(15)12-3-4-13-11(16)9-6-10-8(14-9)2-5-17-10/h2,5-6,14H,3-4H2,1H3,(H,12,15)(H,13,16). The molecular weight excluding hydrogens is 238 g/mol. The van der Waals surface area contributed by atoms with E-state index in [0.29, 0.717) is 18.8 Å². The van der Waals surface area contributed by atoms with E-state index in [4.69, 9.17) is 0 Å². The molecule has 6 heteroatoms. The summed E-state index contributed by atoms with van der Waals surface area (Å²) in [5.41, 5.74) is 1.52. The highest BCUT2D eigenvalue weighted by molar-refractivity contribution is 7.17. The number of carbonyl (C=O) groups excluding carboxylic acids is 2. The van der Waals surface area contributed by atoms with Gasteiger partial charge in [0.15, 0.2) is 0 Å². The zero-order valence-electron chi connectivity index (χ0n) is 9.37. The number of nitrogens with one attached hydrogen (secondary N) is 3. The summed E-state index contributed by atoms with van der Waals surface area (Å²) in [6.45, 7) is 2.31. The van der Waals surface area contributed by atoms with Gasteiger partial charge in [-0.1, -0.05) is 0 Å². The Morgan fingerprint density at radius 2 is 2.12 bits per heavy atom. The van der Waals surface area contributed by atoms with Crippen LogP contribution in [0.1, 0.15) is 17.4 Å². The maximum absolute atomic E-state index is 11.7.